The molecule has 0 amide bonds. The molecule has 114 valence electrons. The molecular formula is C16H28N2O2. The first-order valence-corrected chi connectivity index (χ1v) is 7.16. The van der Waals surface area contributed by atoms with E-state index in [1.54, 1.807) is 7.11 Å². The van der Waals surface area contributed by atoms with Gasteiger partial charge in [0.2, 0.25) is 0 Å². The van der Waals surface area contributed by atoms with Crippen molar-refractivity contribution in [2.45, 2.75) is 32.9 Å². The summed E-state index contributed by atoms with van der Waals surface area (Å²) in [5, 5.41) is 0. The second-order valence-corrected chi connectivity index (χ2v) is 5.38. The Kier molecular flexibility index (Phi) is 6.99. The van der Waals surface area contributed by atoms with Gasteiger partial charge in [-0.3, -0.25) is 4.90 Å². The minimum atomic E-state index is 0.204. The molecule has 1 aromatic carbocycles. The summed E-state index contributed by atoms with van der Waals surface area (Å²) in [5.74, 6) is 0.912. The number of methoxy groups -OCH3 is 1. The van der Waals surface area contributed by atoms with E-state index in [1.807, 2.05) is 19.9 Å². The maximum absolute atomic E-state index is 5.94. The second kappa shape index (κ2) is 8.25. The lowest BCUT2D eigenvalue weighted by Gasteiger charge is -2.28. The minimum absolute atomic E-state index is 0.204. The van der Waals surface area contributed by atoms with E-state index in [1.165, 1.54) is 5.56 Å². The molecule has 0 fully saturated rings. The summed E-state index contributed by atoms with van der Waals surface area (Å²) in [6.45, 7) is 8.33. The molecule has 0 bridgehead atoms. The highest BCUT2D eigenvalue weighted by molar-refractivity contribution is 5.37. The molecule has 20 heavy (non-hydrogen) atoms. The molecule has 2 N–H and O–H groups in total. The van der Waals surface area contributed by atoms with Gasteiger partial charge in [0.15, 0.2) is 0 Å². The van der Waals surface area contributed by atoms with E-state index in [9.17, 15) is 0 Å². The number of benzene rings is 1. The van der Waals surface area contributed by atoms with Crippen LogP contribution in [0.3, 0.4) is 0 Å². The Morgan fingerprint density at radius 2 is 2.00 bits per heavy atom. The molecule has 1 unspecified atom stereocenters. The third kappa shape index (κ3) is 4.78. The lowest BCUT2D eigenvalue weighted by Crippen LogP contribution is -2.33. The lowest BCUT2D eigenvalue weighted by atomic mass is 10.0. The Morgan fingerprint density at radius 1 is 1.30 bits per heavy atom. The average Bonchev–Trinajstić information content (AvgIpc) is 2.39. The quantitative estimate of drug-likeness (QED) is 0.794. The molecular weight excluding hydrogens is 252 g/mol. The van der Waals surface area contributed by atoms with Crippen molar-refractivity contribution in [2.75, 3.05) is 33.9 Å². The van der Waals surface area contributed by atoms with Crippen LogP contribution in [-0.2, 0) is 4.74 Å². The van der Waals surface area contributed by atoms with Crippen molar-refractivity contribution in [1.82, 2.24) is 4.90 Å². The van der Waals surface area contributed by atoms with Gasteiger partial charge in [0.25, 0.3) is 0 Å². The van der Waals surface area contributed by atoms with Crippen molar-refractivity contribution >= 4 is 0 Å². The SMILES string of the molecule is COc1ccc(C(CN)N(C)CCOC(C)C)cc1C. The van der Waals surface area contributed by atoms with Crippen LogP contribution in [-0.4, -0.2) is 44.9 Å². The largest absolute Gasteiger partial charge is 0.496 e. The number of ether oxygens (including phenoxy) is 2. The van der Waals surface area contributed by atoms with Crippen LogP contribution < -0.4 is 10.5 Å². The van der Waals surface area contributed by atoms with Crippen molar-refractivity contribution in [2.24, 2.45) is 5.73 Å². The highest BCUT2D eigenvalue weighted by Crippen LogP contribution is 2.24. The Labute approximate surface area is 122 Å². The molecule has 0 heterocycles. The lowest BCUT2D eigenvalue weighted by molar-refractivity contribution is 0.0564. The smallest absolute Gasteiger partial charge is 0.121 e. The van der Waals surface area contributed by atoms with Gasteiger partial charge in [-0.15, -0.1) is 0 Å². The van der Waals surface area contributed by atoms with Crippen LogP contribution in [0.2, 0.25) is 0 Å². The van der Waals surface area contributed by atoms with Gasteiger partial charge in [-0.1, -0.05) is 12.1 Å². The van der Waals surface area contributed by atoms with E-state index in [-0.39, 0.29) is 12.1 Å². The van der Waals surface area contributed by atoms with Gasteiger partial charge in [0, 0.05) is 19.1 Å². The van der Waals surface area contributed by atoms with Crippen molar-refractivity contribution in [3.8, 4) is 5.75 Å². The monoisotopic (exact) mass is 280 g/mol. The molecule has 4 heteroatoms. The number of hydrogen-bond acceptors (Lipinski definition) is 4. The summed E-state index contributed by atoms with van der Waals surface area (Å²) in [5.41, 5.74) is 8.30. The van der Waals surface area contributed by atoms with Crippen LogP contribution in [0.15, 0.2) is 18.2 Å². The Balaban J connectivity index is 2.71. The third-order valence-electron chi connectivity index (χ3n) is 3.45. The van der Waals surface area contributed by atoms with Gasteiger partial charge in [0.1, 0.15) is 5.75 Å². The highest BCUT2D eigenvalue weighted by Gasteiger charge is 2.16. The predicted octanol–water partition coefficient (Wildman–Crippen LogP) is 2.36. The molecule has 1 aromatic rings. The molecule has 0 aliphatic rings. The van der Waals surface area contributed by atoms with Crippen LogP contribution in [0.25, 0.3) is 0 Å². The van der Waals surface area contributed by atoms with Crippen molar-refractivity contribution in [3.63, 3.8) is 0 Å². The molecule has 0 aliphatic carbocycles. The summed E-state index contributed by atoms with van der Waals surface area (Å²) < 4.78 is 10.9. The molecule has 0 saturated heterocycles. The normalized spacial score (nSPS) is 13.0. The number of aryl methyl sites for hydroxylation is 1. The zero-order valence-corrected chi connectivity index (χ0v) is 13.3. The molecule has 4 nitrogen and oxygen atoms in total. The van der Waals surface area contributed by atoms with Gasteiger partial charge in [-0.2, -0.15) is 0 Å². The van der Waals surface area contributed by atoms with E-state index in [2.05, 4.69) is 31.0 Å². The van der Waals surface area contributed by atoms with Crippen molar-refractivity contribution < 1.29 is 9.47 Å². The van der Waals surface area contributed by atoms with Crippen LogP contribution in [0.1, 0.15) is 31.0 Å². The number of nitrogens with zero attached hydrogens (tertiary/aromatic N) is 1. The topological polar surface area (TPSA) is 47.7 Å². The van der Waals surface area contributed by atoms with Crippen molar-refractivity contribution in [3.05, 3.63) is 29.3 Å². The number of likely N-dealkylation sites (N-methyl/N-ethyl adjacent to an activating group) is 1. The van der Waals surface area contributed by atoms with Gasteiger partial charge in [-0.05, 0) is 45.0 Å². The van der Waals surface area contributed by atoms with Gasteiger partial charge < -0.3 is 15.2 Å². The zero-order chi connectivity index (χ0) is 15.1. The molecule has 1 atom stereocenters. The second-order valence-electron chi connectivity index (χ2n) is 5.38. The van der Waals surface area contributed by atoms with Crippen molar-refractivity contribution in [1.29, 1.82) is 0 Å². The fourth-order valence-electron chi connectivity index (χ4n) is 2.27. The molecule has 1 rings (SSSR count). The first-order chi connectivity index (χ1) is 9.49. The Morgan fingerprint density at radius 3 is 2.50 bits per heavy atom. The standard InChI is InChI=1S/C16H28N2O2/c1-12(2)20-9-8-18(4)15(11-17)14-6-7-16(19-5)13(3)10-14/h6-7,10,12,15H,8-9,11,17H2,1-5H3. The summed E-state index contributed by atoms with van der Waals surface area (Å²) in [6.07, 6.45) is 0.267. The van der Waals surface area contributed by atoms with Crippen LogP contribution in [0.5, 0.6) is 5.75 Å². The van der Waals surface area contributed by atoms with E-state index >= 15 is 0 Å². The maximum Gasteiger partial charge on any atom is 0.121 e. The Bertz CT molecular complexity index is 407. The predicted molar refractivity (Wildman–Crippen MR) is 83.2 cm³/mol. The van der Waals surface area contributed by atoms with E-state index in [0.29, 0.717) is 6.54 Å². The summed E-state index contributed by atoms with van der Waals surface area (Å²) in [7, 11) is 3.78. The summed E-state index contributed by atoms with van der Waals surface area (Å²) >= 11 is 0. The molecule has 0 spiro atoms. The third-order valence-corrected chi connectivity index (χ3v) is 3.45. The maximum atomic E-state index is 5.94. The first kappa shape index (κ1) is 17.0. The first-order valence-electron chi connectivity index (χ1n) is 7.16. The summed E-state index contributed by atoms with van der Waals surface area (Å²) in [6, 6.07) is 6.45. The fourth-order valence-corrected chi connectivity index (χ4v) is 2.27. The number of hydrogen-bond donors (Lipinski definition) is 1. The number of rotatable bonds is 8. The Hall–Kier alpha value is -1.10. The minimum Gasteiger partial charge on any atom is -0.496 e. The van der Waals surface area contributed by atoms with Crippen LogP contribution in [0, 0.1) is 6.92 Å². The summed E-state index contributed by atoms with van der Waals surface area (Å²) in [4.78, 5) is 2.24. The van der Waals surface area contributed by atoms with Gasteiger partial charge >= 0.3 is 0 Å². The van der Waals surface area contributed by atoms with Gasteiger partial charge in [-0.25, -0.2) is 0 Å². The van der Waals surface area contributed by atoms with Gasteiger partial charge in [0.05, 0.1) is 19.8 Å². The van der Waals surface area contributed by atoms with E-state index in [4.69, 9.17) is 15.2 Å². The highest BCUT2D eigenvalue weighted by atomic mass is 16.5. The van der Waals surface area contributed by atoms with Crippen LogP contribution >= 0.6 is 0 Å². The number of nitrogens with two attached hydrogens (primary N) is 1. The molecule has 0 radical (unpaired) electrons. The average molecular weight is 280 g/mol. The fraction of sp³-hybridized carbons (Fsp3) is 0.625. The van der Waals surface area contributed by atoms with Crippen LogP contribution in [0.4, 0.5) is 0 Å². The van der Waals surface area contributed by atoms with E-state index < -0.39 is 0 Å². The molecule has 0 aromatic heterocycles. The molecule has 0 saturated carbocycles. The van der Waals surface area contributed by atoms with E-state index in [0.717, 1.165) is 24.5 Å². The zero-order valence-electron chi connectivity index (χ0n) is 13.3. The molecule has 0 aliphatic heterocycles.